The zero-order valence-electron chi connectivity index (χ0n) is 12.5. The van der Waals surface area contributed by atoms with Crippen molar-refractivity contribution in [1.29, 1.82) is 0 Å². The fourth-order valence-electron chi connectivity index (χ4n) is 1.91. The molecule has 0 aliphatic rings. The van der Waals surface area contributed by atoms with Gasteiger partial charge in [0.1, 0.15) is 11.5 Å². The fraction of sp³-hybridized carbons (Fsp3) is 0.333. The molecule has 0 atom stereocenters. The van der Waals surface area contributed by atoms with Gasteiger partial charge in [-0.15, -0.1) is 0 Å². The Balaban J connectivity index is 1.90. The largest absolute Gasteiger partial charge is 0.457 e. The maximum atomic E-state index is 5.79. The SMILES string of the molecule is CC(C)N(C)CCc1ccc(Oc2ccccc2)cc1. The summed E-state index contributed by atoms with van der Waals surface area (Å²) >= 11 is 0. The quantitative estimate of drug-likeness (QED) is 0.772. The van der Waals surface area contributed by atoms with E-state index in [9.17, 15) is 0 Å². The summed E-state index contributed by atoms with van der Waals surface area (Å²) in [6, 6.07) is 18.8. The molecule has 0 aliphatic carbocycles. The third-order valence-electron chi connectivity index (χ3n) is 3.54. The second-order valence-corrected chi connectivity index (χ2v) is 5.38. The van der Waals surface area contributed by atoms with E-state index in [4.69, 9.17) is 4.74 Å². The van der Waals surface area contributed by atoms with Crippen molar-refractivity contribution < 1.29 is 4.74 Å². The Kier molecular flexibility index (Phi) is 5.19. The lowest BCUT2D eigenvalue weighted by atomic mass is 10.1. The molecule has 2 nitrogen and oxygen atoms in total. The average molecular weight is 269 g/mol. The van der Waals surface area contributed by atoms with Gasteiger partial charge in [-0.1, -0.05) is 30.3 Å². The van der Waals surface area contributed by atoms with Crippen LogP contribution in [0.4, 0.5) is 0 Å². The van der Waals surface area contributed by atoms with Crippen molar-refractivity contribution in [2.75, 3.05) is 13.6 Å². The highest BCUT2D eigenvalue weighted by Crippen LogP contribution is 2.21. The van der Waals surface area contributed by atoms with Crippen molar-refractivity contribution in [3.8, 4) is 11.5 Å². The van der Waals surface area contributed by atoms with Gasteiger partial charge in [-0.05, 0) is 57.1 Å². The lowest BCUT2D eigenvalue weighted by molar-refractivity contribution is 0.277. The normalized spacial score (nSPS) is 11.1. The highest BCUT2D eigenvalue weighted by atomic mass is 16.5. The molecule has 0 spiro atoms. The Hall–Kier alpha value is -1.80. The predicted octanol–water partition coefficient (Wildman–Crippen LogP) is 4.36. The fourth-order valence-corrected chi connectivity index (χ4v) is 1.91. The molecule has 0 bridgehead atoms. The van der Waals surface area contributed by atoms with Crippen LogP contribution in [0.25, 0.3) is 0 Å². The Morgan fingerprint density at radius 2 is 1.50 bits per heavy atom. The van der Waals surface area contributed by atoms with Crippen LogP contribution >= 0.6 is 0 Å². The van der Waals surface area contributed by atoms with Gasteiger partial charge < -0.3 is 9.64 Å². The number of hydrogen-bond acceptors (Lipinski definition) is 2. The molecular weight excluding hydrogens is 246 g/mol. The van der Waals surface area contributed by atoms with E-state index in [1.54, 1.807) is 0 Å². The summed E-state index contributed by atoms with van der Waals surface area (Å²) in [6.07, 6.45) is 1.07. The number of ether oxygens (including phenoxy) is 1. The smallest absolute Gasteiger partial charge is 0.127 e. The molecule has 2 heteroatoms. The molecule has 0 saturated carbocycles. The van der Waals surface area contributed by atoms with Crippen molar-refractivity contribution in [1.82, 2.24) is 4.90 Å². The highest BCUT2D eigenvalue weighted by molar-refractivity contribution is 5.33. The average Bonchev–Trinajstić information content (AvgIpc) is 2.47. The molecular formula is C18H23NO. The minimum Gasteiger partial charge on any atom is -0.457 e. The molecule has 2 aromatic carbocycles. The van der Waals surface area contributed by atoms with Gasteiger partial charge in [0, 0.05) is 12.6 Å². The van der Waals surface area contributed by atoms with Crippen molar-refractivity contribution in [3.63, 3.8) is 0 Å². The van der Waals surface area contributed by atoms with E-state index in [1.807, 2.05) is 42.5 Å². The second-order valence-electron chi connectivity index (χ2n) is 5.38. The van der Waals surface area contributed by atoms with Crippen LogP contribution in [0.15, 0.2) is 54.6 Å². The van der Waals surface area contributed by atoms with E-state index in [0.717, 1.165) is 24.5 Å². The monoisotopic (exact) mass is 269 g/mol. The highest BCUT2D eigenvalue weighted by Gasteiger charge is 2.03. The summed E-state index contributed by atoms with van der Waals surface area (Å²) in [5, 5.41) is 0. The van der Waals surface area contributed by atoms with Gasteiger partial charge >= 0.3 is 0 Å². The van der Waals surface area contributed by atoms with Crippen LogP contribution in [0.2, 0.25) is 0 Å². The third kappa shape index (κ3) is 4.39. The number of benzene rings is 2. The summed E-state index contributed by atoms with van der Waals surface area (Å²) < 4.78 is 5.79. The standard InChI is InChI=1S/C18H23NO/c1-15(2)19(3)14-13-16-9-11-18(12-10-16)20-17-7-5-4-6-8-17/h4-12,15H,13-14H2,1-3H3. The number of likely N-dealkylation sites (N-methyl/N-ethyl adjacent to an activating group) is 1. The van der Waals surface area contributed by atoms with Crippen molar-refractivity contribution >= 4 is 0 Å². The van der Waals surface area contributed by atoms with Crippen LogP contribution in [0.5, 0.6) is 11.5 Å². The van der Waals surface area contributed by atoms with E-state index in [-0.39, 0.29) is 0 Å². The first-order chi connectivity index (χ1) is 9.65. The summed E-state index contributed by atoms with van der Waals surface area (Å²) in [4.78, 5) is 2.36. The minimum absolute atomic E-state index is 0.593. The van der Waals surface area contributed by atoms with Crippen molar-refractivity contribution in [2.24, 2.45) is 0 Å². The van der Waals surface area contributed by atoms with Gasteiger partial charge in [0.15, 0.2) is 0 Å². The molecule has 0 heterocycles. The number of para-hydroxylation sites is 1. The molecule has 2 aromatic rings. The van der Waals surface area contributed by atoms with E-state index in [0.29, 0.717) is 6.04 Å². The van der Waals surface area contributed by atoms with Gasteiger partial charge in [-0.2, -0.15) is 0 Å². The number of nitrogens with zero attached hydrogens (tertiary/aromatic N) is 1. The summed E-state index contributed by atoms with van der Waals surface area (Å²) in [5.41, 5.74) is 1.35. The van der Waals surface area contributed by atoms with E-state index in [1.165, 1.54) is 5.56 Å². The lowest BCUT2D eigenvalue weighted by Gasteiger charge is -2.20. The van der Waals surface area contributed by atoms with E-state index < -0.39 is 0 Å². The Morgan fingerprint density at radius 3 is 2.10 bits per heavy atom. The molecule has 0 N–H and O–H groups in total. The van der Waals surface area contributed by atoms with Crippen molar-refractivity contribution in [2.45, 2.75) is 26.3 Å². The van der Waals surface area contributed by atoms with E-state index >= 15 is 0 Å². The molecule has 0 saturated heterocycles. The predicted molar refractivity (Wildman–Crippen MR) is 84.4 cm³/mol. The lowest BCUT2D eigenvalue weighted by Crippen LogP contribution is -2.28. The first kappa shape index (κ1) is 14.6. The molecule has 0 fully saturated rings. The summed E-state index contributed by atoms with van der Waals surface area (Å²) in [7, 11) is 2.16. The van der Waals surface area contributed by atoms with Crippen LogP contribution < -0.4 is 4.74 Å². The van der Waals surface area contributed by atoms with Crippen LogP contribution in [0.3, 0.4) is 0 Å². The summed E-state index contributed by atoms with van der Waals surface area (Å²) in [5.74, 6) is 1.76. The molecule has 106 valence electrons. The second kappa shape index (κ2) is 7.11. The maximum absolute atomic E-state index is 5.79. The van der Waals surface area contributed by atoms with Gasteiger partial charge in [-0.3, -0.25) is 0 Å². The molecule has 0 amide bonds. The Bertz CT molecular complexity index is 505. The first-order valence-corrected chi connectivity index (χ1v) is 7.17. The van der Waals surface area contributed by atoms with Gasteiger partial charge in [-0.25, -0.2) is 0 Å². The van der Waals surface area contributed by atoms with Gasteiger partial charge in [0.25, 0.3) is 0 Å². The van der Waals surface area contributed by atoms with Crippen LogP contribution in [-0.4, -0.2) is 24.5 Å². The van der Waals surface area contributed by atoms with E-state index in [2.05, 4.69) is 37.9 Å². The van der Waals surface area contributed by atoms with Crippen molar-refractivity contribution in [3.05, 3.63) is 60.2 Å². The Labute approximate surface area is 122 Å². The zero-order valence-corrected chi connectivity index (χ0v) is 12.5. The van der Waals surface area contributed by atoms with Crippen LogP contribution in [-0.2, 0) is 6.42 Å². The number of hydrogen-bond donors (Lipinski definition) is 0. The van der Waals surface area contributed by atoms with Crippen LogP contribution in [0.1, 0.15) is 19.4 Å². The molecule has 2 rings (SSSR count). The maximum Gasteiger partial charge on any atom is 0.127 e. The number of rotatable bonds is 6. The molecule has 20 heavy (non-hydrogen) atoms. The third-order valence-corrected chi connectivity index (χ3v) is 3.54. The van der Waals surface area contributed by atoms with Crippen LogP contribution in [0, 0.1) is 0 Å². The first-order valence-electron chi connectivity index (χ1n) is 7.17. The topological polar surface area (TPSA) is 12.5 Å². The summed E-state index contributed by atoms with van der Waals surface area (Å²) in [6.45, 7) is 5.52. The minimum atomic E-state index is 0.593. The zero-order chi connectivity index (χ0) is 14.4. The molecule has 0 unspecified atom stereocenters. The Morgan fingerprint density at radius 1 is 0.900 bits per heavy atom. The van der Waals surface area contributed by atoms with Gasteiger partial charge in [0.05, 0.1) is 0 Å². The molecule has 0 aromatic heterocycles. The molecule has 0 radical (unpaired) electrons. The van der Waals surface area contributed by atoms with Gasteiger partial charge in [0.2, 0.25) is 0 Å². The molecule has 0 aliphatic heterocycles.